The summed E-state index contributed by atoms with van der Waals surface area (Å²) in [6, 6.07) is 6.15. The lowest BCUT2D eigenvalue weighted by molar-refractivity contribution is -0.144. The molecule has 5 atom stereocenters. The van der Waals surface area contributed by atoms with Gasteiger partial charge in [-0.3, -0.25) is 0 Å². The molecule has 2 aliphatic rings. The second kappa shape index (κ2) is 10.1. The molecule has 0 aliphatic heterocycles. The van der Waals surface area contributed by atoms with Crippen LogP contribution in [0.1, 0.15) is 62.1 Å². The number of carbonyl (C=O) groups is 2. The van der Waals surface area contributed by atoms with E-state index in [0.29, 0.717) is 17.8 Å². The Morgan fingerprint density at radius 3 is 2.00 bits per heavy atom. The van der Waals surface area contributed by atoms with Gasteiger partial charge < -0.3 is 18.9 Å². The number of benzene rings is 2. The molecular formula is C29H34O6. The van der Waals surface area contributed by atoms with Crippen LogP contribution in [0.15, 0.2) is 43.5 Å². The van der Waals surface area contributed by atoms with Gasteiger partial charge >= 0.3 is 11.9 Å². The second-order valence-corrected chi connectivity index (χ2v) is 9.66. The number of esters is 2. The van der Waals surface area contributed by atoms with Crippen LogP contribution in [0, 0.1) is 12.8 Å². The van der Waals surface area contributed by atoms with Crippen molar-refractivity contribution in [1.82, 2.24) is 0 Å². The lowest BCUT2D eigenvalue weighted by atomic mass is 9.86. The van der Waals surface area contributed by atoms with Crippen LogP contribution < -0.4 is 9.47 Å². The molecule has 0 heterocycles. The molecule has 2 aliphatic carbocycles. The van der Waals surface area contributed by atoms with Crippen LogP contribution in [-0.4, -0.2) is 37.4 Å². The molecular weight excluding hydrogens is 444 g/mol. The Bertz CT molecular complexity index is 1170. The fourth-order valence-electron chi connectivity index (χ4n) is 5.67. The lowest BCUT2D eigenvalue weighted by Gasteiger charge is -2.27. The van der Waals surface area contributed by atoms with Crippen LogP contribution in [0.25, 0.3) is 10.8 Å². The molecule has 4 rings (SSSR count). The van der Waals surface area contributed by atoms with Crippen molar-refractivity contribution < 1.29 is 28.5 Å². The largest absolute Gasteiger partial charge is 0.489 e. The average Bonchev–Trinajstić information content (AvgIpc) is 3.33. The first-order valence-corrected chi connectivity index (χ1v) is 12.3. The highest BCUT2D eigenvalue weighted by Crippen LogP contribution is 2.64. The van der Waals surface area contributed by atoms with Gasteiger partial charge in [-0.15, -0.1) is 0 Å². The van der Waals surface area contributed by atoms with Gasteiger partial charge in [0.2, 0.25) is 0 Å². The minimum absolute atomic E-state index is 0.246. The Hall–Kier alpha value is -3.28. The van der Waals surface area contributed by atoms with E-state index in [0.717, 1.165) is 52.8 Å². The number of rotatable bonds is 10. The summed E-state index contributed by atoms with van der Waals surface area (Å²) in [5.41, 5.74) is 3.51. The van der Waals surface area contributed by atoms with Crippen molar-refractivity contribution in [2.75, 3.05) is 13.2 Å². The van der Waals surface area contributed by atoms with Crippen LogP contribution in [0.4, 0.5) is 0 Å². The van der Waals surface area contributed by atoms with Crippen LogP contribution in [-0.2, 0) is 19.1 Å². The minimum Gasteiger partial charge on any atom is -0.489 e. The number of fused-ring (bicyclic) bond motifs is 6. The van der Waals surface area contributed by atoms with E-state index < -0.39 is 24.1 Å². The van der Waals surface area contributed by atoms with E-state index >= 15 is 0 Å². The Kier molecular flexibility index (Phi) is 7.20. The minimum atomic E-state index is -0.463. The summed E-state index contributed by atoms with van der Waals surface area (Å²) in [6.45, 7) is 15.4. The molecule has 2 aromatic carbocycles. The van der Waals surface area contributed by atoms with Gasteiger partial charge in [0.1, 0.15) is 36.9 Å². The van der Waals surface area contributed by atoms with Gasteiger partial charge in [0, 0.05) is 34.1 Å². The summed E-state index contributed by atoms with van der Waals surface area (Å²) in [5, 5.41) is 2.00. The van der Waals surface area contributed by atoms with Crippen LogP contribution in [0.5, 0.6) is 11.5 Å². The van der Waals surface area contributed by atoms with Crippen LogP contribution >= 0.6 is 0 Å². The van der Waals surface area contributed by atoms with Crippen molar-refractivity contribution in [2.24, 2.45) is 5.92 Å². The fraction of sp³-hybridized carbons (Fsp3) is 0.448. The van der Waals surface area contributed by atoms with E-state index in [1.54, 1.807) is 0 Å². The molecule has 2 aromatic rings. The van der Waals surface area contributed by atoms with Crippen molar-refractivity contribution in [3.05, 3.63) is 60.2 Å². The molecule has 0 radical (unpaired) electrons. The van der Waals surface area contributed by atoms with E-state index in [2.05, 4.69) is 39.1 Å². The molecule has 0 saturated heterocycles. The Labute approximate surface area is 206 Å². The molecule has 0 aromatic heterocycles. The fourth-order valence-corrected chi connectivity index (χ4v) is 5.67. The summed E-state index contributed by atoms with van der Waals surface area (Å²) in [5.74, 6) is 2.06. The maximum Gasteiger partial charge on any atom is 0.330 e. The molecule has 1 fully saturated rings. The summed E-state index contributed by atoms with van der Waals surface area (Å²) in [4.78, 5) is 23.3. The third kappa shape index (κ3) is 4.66. The zero-order valence-electron chi connectivity index (χ0n) is 21.0. The third-order valence-electron chi connectivity index (χ3n) is 7.22. The third-order valence-corrected chi connectivity index (χ3v) is 7.22. The normalized spacial score (nSPS) is 21.7. The highest BCUT2D eigenvalue weighted by atomic mass is 16.6. The molecule has 186 valence electrons. The van der Waals surface area contributed by atoms with Crippen molar-refractivity contribution in [2.45, 2.75) is 64.6 Å². The zero-order chi connectivity index (χ0) is 25.3. The summed E-state index contributed by atoms with van der Waals surface area (Å²) >= 11 is 0. The number of aryl methyl sites for hydroxylation is 1. The molecule has 0 spiro atoms. The van der Waals surface area contributed by atoms with Gasteiger partial charge in [-0.1, -0.05) is 38.3 Å². The number of hydrogen-bond acceptors (Lipinski definition) is 6. The first kappa shape index (κ1) is 24.8. The molecule has 0 N–H and O–H groups in total. The van der Waals surface area contributed by atoms with E-state index in [4.69, 9.17) is 18.9 Å². The number of ether oxygens (including phenoxy) is 4. The SMILES string of the molecule is C=CC(=O)OC(C)COc1c2c(c(OCC(C)OC(=O)C=C)c3c(C)cccc13)C1CCC2C1C. The van der Waals surface area contributed by atoms with Gasteiger partial charge in [0.15, 0.2) is 0 Å². The number of carbonyl (C=O) groups excluding carboxylic acids is 2. The highest BCUT2D eigenvalue weighted by Gasteiger charge is 2.48. The van der Waals surface area contributed by atoms with Crippen LogP contribution in [0.3, 0.4) is 0 Å². The van der Waals surface area contributed by atoms with E-state index in [9.17, 15) is 9.59 Å². The molecule has 6 nitrogen and oxygen atoms in total. The standard InChI is InChI=1S/C29H34O6/c1-7-23(30)34-17(4)14-32-28-22-11-9-10-16(3)25(22)29(33-15-18(5)35-24(31)8-2)27-21-13-12-20(19(21)6)26(27)28/h7-11,17-21H,1-2,12-15H2,3-6H3. The Balaban J connectivity index is 1.76. The van der Waals surface area contributed by atoms with Gasteiger partial charge in [-0.05, 0) is 56.9 Å². The van der Waals surface area contributed by atoms with Gasteiger partial charge in [0.05, 0.1) is 0 Å². The molecule has 6 heteroatoms. The molecule has 35 heavy (non-hydrogen) atoms. The second-order valence-electron chi connectivity index (χ2n) is 9.66. The Morgan fingerprint density at radius 1 is 0.943 bits per heavy atom. The first-order valence-electron chi connectivity index (χ1n) is 12.3. The average molecular weight is 479 g/mol. The van der Waals surface area contributed by atoms with Crippen LogP contribution in [0.2, 0.25) is 0 Å². The summed E-state index contributed by atoms with van der Waals surface area (Å²) in [7, 11) is 0. The van der Waals surface area contributed by atoms with Crippen molar-refractivity contribution in [1.29, 1.82) is 0 Å². The van der Waals surface area contributed by atoms with E-state index in [1.165, 1.54) is 11.1 Å². The number of hydrogen-bond donors (Lipinski definition) is 0. The van der Waals surface area contributed by atoms with Crippen molar-refractivity contribution >= 4 is 22.7 Å². The topological polar surface area (TPSA) is 71.1 Å². The maximum atomic E-state index is 11.6. The summed E-state index contributed by atoms with van der Waals surface area (Å²) in [6.07, 6.45) is 3.72. The highest BCUT2D eigenvalue weighted by molar-refractivity contribution is 5.99. The summed E-state index contributed by atoms with van der Waals surface area (Å²) < 4.78 is 23.6. The molecule has 5 unspecified atom stereocenters. The molecule has 0 amide bonds. The molecule has 2 bridgehead atoms. The monoisotopic (exact) mass is 478 g/mol. The smallest absolute Gasteiger partial charge is 0.330 e. The van der Waals surface area contributed by atoms with Gasteiger partial charge in [-0.25, -0.2) is 9.59 Å². The first-order chi connectivity index (χ1) is 16.8. The molecule has 1 saturated carbocycles. The van der Waals surface area contributed by atoms with E-state index in [-0.39, 0.29) is 13.2 Å². The maximum absolute atomic E-state index is 11.6. The predicted octanol–water partition coefficient (Wildman–Crippen LogP) is 5.75. The van der Waals surface area contributed by atoms with Gasteiger partial charge in [-0.2, -0.15) is 0 Å². The predicted molar refractivity (Wildman–Crippen MR) is 135 cm³/mol. The zero-order valence-corrected chi connectivity index (χ0v) is 21.0. The Morgan fingerprint density at radius 2 is 1.46 bits per heavy atom. The lowest BCUT2D eigenvalue weighted by Crippen LogP contribution is -2.23. The van der Waals surface area contributed by atoms with Crippen molar-refractivity contribution in [3.8, 4) is 11.5 Å². The van der Waals surface area contributed by atoms with E-state index in [1.807, 2.05) is 19.9 Å². The van der Waals surface area contributed by atoms with Crippen molar-refractivity contribution in [3.63, 3.8) is 0 Å². The van der Waals surface area contributed by atoms with Gasteiger partial charge in [0.25, 0.3) is 0 Å². The quantitative estimate of drug-likeness (QED) is 0.320.